The van der Waals surface area contributed by atoms with Gasteiger partial charge in [-0.15, -0.1) is 0 Å². The third-order valence-electron chi connectivity index (χ3n) is 13.5. The highest BCUT2D eigenvalue weighted by Crippen LogP contribution is 2.32. The number of aromatic hydroxyl groups is 1. The number of nitrogens with one attached hydrogen (secondary N) is 3. The fraction of sp³-hybridized carbons (Fsp3) is 0.434. The number of carbonyl (C=O) groups is 3. The van der Waals surface area contributed by atoms with Crippen molar-refractivity contribution in [2.24, 2.45) is 11.8 Å². The number of aliphatic hydroxyl groups is 1. The second-order valence-corrected chi connectivity index (χ2v) is 18.1. The molecule has 2 amide bonds. The molecule has 67 heavy (non-hydrogen) atoms. The molecule has 4 fully saturated rings. The minimum absolute atomic E-state index is 0.00483. The van der Waals surface area contributed by atoms with Gasteiger partial charge in [0.2, 0.25) is 11.5 Å². The SMILES string of the molecule is O=C(NC(c1ccccc1)c1cccc(OCc2ccc(C(=O)OCCCN(CCCNCC(O)c3ccc(O)c4[nH]c(=O)ccc34)C(=O)C3CCCCC3)cc2)c1)O[C@H]1CN2CCC1CC2. The highest BCUT2D eigenvalue weighted by atomic mass is 16.6. The molecule has 354 valence electrons. The molecule has 4 aromatic carbocycles. The number of pyridine rings is 1. The molecule has 4 heterocycles. The van der Waals surface area contributed by atoms with Gasteiger partial charge in [-0.2, -0.15) is 0 Å². The van der Waals surface area contributed by atoms with Gasteiger partial charge in [0, 0.05) is 43.5 Å². The van der Waals surface area contributed by atoms with E-state index in [4.69, 9.17) is 14.2 Å². The van der Waals surface area contributed by atoms with E-state index in [1.807, 2.05) is 71.6 Å². The van der Waals surface area contributed by atoms with E-state index < -0.39 is 24.2 Å². The molecule has 3 saturated heterocycles. The molecule has 3 atom stereocenters. The van der Waals surface area contributed by atoms with Crippen LogP contribution in [-0.4, -0.2) is 101 Å². The van der Waals surface area contributed by atoms with Crippen LogP contribution < -0.4 is 20.9 Å². The summed E-state index contributed by atoms with van der Waals surface area (Å²) in [7, 11) is 0. The van der Waals surface area contributed by atoms with Crippen molar-refractivity contribution in [1.82, 2.24) is 25.4 Å². The summed E-state index contributed by atoms with van der Waals surface area (Å²) in [6.45, 7) is 5.17. The molecule has 9 rings (SSSR count). The molecular formula is C53H63N5O9. The number of carbonyl (C=O) groups excluding carboxylic acids is 3. The molecule has 0 spiro atoms. The molecule has 5 N–H and O–H groups in total. The Hall–Kier alpha value is -6.22. The van der Waals surface area contributed by atoms with Gasteiger partial charge in [0.05, 0.1) is 29.8 Å². The first kappa shape index (κ1) is 47.3. The van der Waals surface area contributed by atoms with E-state index in [0.717, 1.165) is 81.3 Å². The van der Waals surface area contributed by atoms with Gasteiger partial charge in [0.25, 0.3) is 0 Å². The maximum Gasteiger partial charge on any atom is 0.408 e. The topological polar surface area (TPSA) is 183 Å². The Labute approximate surface area is 391 Å². The number of phenolic OH excluding ortho intramolecular Hbond substituents is 1. The van der Waals surface area contributed by atoms with Crippen LogP contribution in [0.3, 0.4) is 0 Å². The zero-order valence-corrected chi connectivity index (χ0v) is 38.1. The molecule has 14 heteroatoms. The van der Waals surface area contributed by atoms with Crippen LogP contribution in [-0.2, 0) is 20.9 Å². The Kier molecular flexibility index (Phi) is 16.2. The highest BCUT2D eigenvalue weighted by molar-refractivity contribution is 5.89. The summed E-state index contributed by atoms with van der Waals surface area (Å²) < 4.78 is 17.8. The van der Waals surface area contributed by atoms with Gasteiger partial charge in [-0.05, 0) is 123 Å². The number of rotatable bonds is 20. The van der Waals surface area contributed by atoms with Crippen LogP contribution in [0.5, 0.6) is 11.5 Å². The Bertz CT molecular complexity index is 2480. The normalized spacial score (nSPS) is 19.0. The van der Waals surface area contributed by atoms with Gasteiger partial charge in [-0.1, -0.05) is 79.9 Å². The standard InChI is InChI=1S/C53H63N5O9/c59-45-22-20-43(44-21-23-48(61)55-50(44)45)46(60)33-54-26-8-27-58(51(62)39-12-5-2-6-13-39)28-9-31-65-52(63)40-18-16-36(17-19-40)35-66-42-15-7-14-41(32-42)49(38-10-3-1-4-11-38)56-53(64)67-47-34-57-29-24-37(47)25-30-57/h1,3-4,7,10-11,14-23,32,37,39,46-47,49,54,59-60H,2,5-6,8-9,12-13,24-31,33-35H2,(H,55,61)(H,56,64)/t46?,47-,49?/m0/s1. The number of H-pyrrole nitrogens is 1. The molecular weight excluding hydrogens is 851 g/mol. The molecule has 5 aromatic rings. The van der Waals surface area contributed by atoms with Gasteiger partial charge >= 0.3 is 12.1 Å². The maximum absolute atomic E-state index is 13.7. The van der Waals surface area contributed by atoms with E-state index >= 15 is 0 Å². The number of fused-ring (bicyclic) bond motifs is 4. The maximum atomic E-state index is 13.7. The lowest BCUT2D eigenvalue weighted by Gasteiger charge is -2.43. The summed E-state index contributed by atoms with van der Waals surface area (Å²) in [5.74, 6) is 0.700. The quantitative estimate of drug-likeness (QED) is 0.0388. The number of aromatic amines is 1. The predicted molar refractivity (Wildman–Crippen MR) is 255 cm³/mol. The molecule has 4 aliphatic rings. The first-order valence-corrected chi connectivity index (χ1v) is 23.9. The predicted octanol–water partition coefficient (Wildman–Crippen LogP) is 7.39. The first-order chi connectivity index (χ1) is 32.7. The van der Waals surface area contributed by atoms with E-state index in [1.165, 1.54) is 12.1 Å². The Morgan fingerprint density at radius 2 is 1.60 bits per heavy atom. The van der Waals surface area contributed by atoms with Crippen molar-refractivity contribution in [3.63, 3.8) is 0 Å². The fourth-order valence-electron chi connectivity index (χ4n) is 9.76. The Balaban J connectivity index is 0.790. The van der Waals surface area contributed by atoms with Gasteiger partial charge < -0.3 is 44.9 Å². The molecule has 1 saturated carbocycles. The summed E-state index contributed by atoms with van der Waals surface area (Å²) in [6.07, 6.45) is 6.90. The first-order valence-electron chi connectivity index (χ1n) is 23.9. The summed E-state index contributed by atoms with van der Waals surface area (Å²) in [6, 6.07) is 30.3. The summed E-state index contributed by atoms with van der Waals surface area (Å²) >= 11 is 0. The number of hydrogen-bond donors (Lipinski definition) is 5. The number of phenols is 1. The number of benzene rings is 4. The highest BCUT2D eigenvalue weighted by Gasteiger charge is 2.37. The molecule has 0 radical (unpaired) electrons. The van der Waals surface area contributed by atoms with Crippen LogP contribution in [0, 0.1) is 11.8 Å². The van der Waals surface area contributed by atoms with Crippen LogP contribution in [0.4, 0.5) is 4.79 Å². The second-order valence-electron chi connectivity index (χ2n) is 18.1. The molecule has 1 aliphatic carbocycles. The van der Waals surface area contributed by atoms with E-state index in [9.17, 15) is 29.4 Å². The lowest BCUT2D eigenvalue weighted by atomic mass is 9.86. The smallest absolute Gasteiger partial charge is 0.408 e. The van der Waals surface area contributed by atoms with E-state index in [2.05, 4.69) is 20.5 Å². The van der Waals surface area contributed by atoms with E-state index in [-0.39, 0.29) is 54.5 Å². The Morgan fingerprint density at radius 3 is 2.36 bits per heavy atom. The number of amides is 2. The van der Waals surface area contributed by atoms with Gasteiger partial charge in [-0.3, -0.25) is 14.5 Å². The van der Waals surface area contributed by atoms with Crippen molar-refractivity contribution in [3.8, 4) is 11.5 Å². The molecule has 1 aromatic heterocycles. The number of alkyl carbamates (subject to hydrolysis) is 1. The summed E-state index contributed by atoms with van der Waals surface area (Å²) in [5, 5.41) is 28.1. The average Bonchev–Trinajstić information content (AvgIpc) is 3.36. The van der Waals surface area contributed by atoms with Crippen LogP contribution in [0.15, 0.2) is 108 Å². The van der Waals surface area contributed by atoms with Crippen LogP contribution in [0.1, 0.15) is 103 Å². The van der Waals surface area contributed by atoms with Crippen molar-refractivity contribution < 1.29 is 38.8 Å². The average molecular weight is 914 g/mol. The van der Waals surface area contributed by atoms with Gasteiger partial charge in [-0.25, -0.2) is 9.59 Å². The van der Waals surface area contributed by atoms with E-state index in [1.54, 1.807) is 24.3 Å². The van der Waals surface area contributed by atoms with Gasteiger partial charge in [0.15, 0.2) is 0 Å². The van der Waals surface area contributed by atoms with Crippen LogP contribution >= 0.6 is 0 Å². The Morgan fingerprint density at radius 1 is 0.836 bits per heavy atom. The monoisotopic (exact) mass is 913 g/mol. The number of esters is 1. The number of nitrogens with zero attached hydrogens (tertiary/aromatic N) is 2. The fourth-order valence-corrected chi connectivity index (χ4v) is 9.76. The summed E-state index contributed by atoms with van der Waals surface area (Å²) in [5.41, 5.74) is 3.62. The number of aliphatic hydroxyl groups excluding tert-OH is 1. The number of piperidine rings is 3. The van der Waals surface area contributed by atoms with Crippen molar-refractivity contribution in [2.75, 3.05) is 52.4 Å². The van der Waals surface area contributed by atoms with Crippen LogP contribution in [0.25, 0.3) is 10.9 Å². The van der Waals surface area contributed by atoms with Crippen molar-refractivity contribution >= 4 is 28.9 Å². The largest absolute Gasteiger partial charge is 0.506 e. The molecule has 3 aliphatic heterocycles. The van der Waals surface area contributed by atoms with Crippen molar-refractivity contribution in [3.05, 3.63) is 141 Å². The van der Waals surface area contributed by atoms with Crippen molar-refractivity contribution in [2.45, 2.75) is 82.6 Å². The number of hydrogen-bond acceptors (Lipinski definition) is 11. The molecule has 2 unspecified atom stereocenters. The minimum atomic E-state index is -0.877. The number of aromatic nitrogens is 1. The lowest BCUT2D eigenvalue weighted by Crippen LogP contribution is -2.52. The third kappa shape index (κ3) is 12.6. The number of ether oxygens (including phenoxy) is 3. The minimum Gasteiger partial charge on any atom is -0.506 e. The lowest BCUT2D eigenvalue weighted by molar-refractivity contribution is -0.136. The second kappa shape index (κ2) is 23.0. The molecule has 2 bridgehead atoms. The zero-order valence-electron chi connectivity index (χ0n) is 38.1. The third-order valence-corrected chi connectivity index (χ3v) is 13.5. The molecule has 14 nitrogen and oxygen atoms in total. The van der Waals surface area contributed by atoms with Crippen molar-refractivity contribution in [1.29, 1.82) is 0 Å². The van der Waals surface area contributed by atoms with Crippen LogP contribution in [0.2, 0.25) is 0 Å². The van der Waals surface area contributed by atoms with Gasteiger partial charge in [0.1, 0.15) is 24.2 Å². The summed E-state index contributed by atoms with van der Waals surface area (Å²) in [4.78, 5) is 58.7. The van der Waals surface area contributed by atoms with E-state index in [0.29, 0.717) is 60.7 Å². The zero-order chi connectivity index (χ0) is 46.5.